The molecular formula is C23H23BrClNO4. The molecule has 0 radical (unpaired) electrons. The van der Waals surface area contributed by atoms with Crippen LogP contribution < -0.4 is 19.5 Å². The fraction of sp³-hybridized carbons (Fsp3) is 0.217. The van der Waals surface area contributed by atoms with Crippen LogP contribution in [-0.2, 0) is 6.54 Å². The second-order valence-corrected chi connectivity index (χ2v) is 7.82. The SMILES string of the molecule is COc1ccc(CNc2ccc(Br)cc2C(O)c2cccc(OC)c2Cl)c(OC)c1. The molecule has 0 fully saturated rings. The molecular weight excluding hydrogens is 470 g/mol. The second kappa shape index (κ2) is 10.1. The molecule has 0 saturated heterocycles. The smallest absolute Gasteiger partial charge is 0.137 e. The van der Waals surface area contributed by atoms with Crippen LogP contribution in [0.1, 0.15) is 22.8 Å². The van der Waals surface area contributed by atoms with Crippen molar-refractivity contribution in [2.24, 2.45) is 0 Å². The molecule has 3 rings (SSSR count). The summed E-state index contributed by atoms with van der Waals surface area (Å²) in [5, 5.41) is 14.9. The van der Waals surface area contributed by atoms with Gasteiger partial charge in [-0.25, -0.2) is 0 Å². The Morgan fingerprint density at radius 3 is 2.40 bits per heavy atom. The number of anilines is 1. The monoisotopic (exact) mass is 491 g/mol. The highest BCUT2D eigenvalue weighted by Gasteiger charge is 2.20. The zero-order valence-electron chi connectivity index (χ0n) is 16.9. The van der Waals surface area contributed by atoms with E-state index >= 15 is 0 Å². The first-order chi connectivity index (χ1) is 14.5. The summed E-state index contributed by atoms with van der Waals surface area (Å²) in [6.07, 6.45) is -0.939. The van der Waals surface area contributed by atoms with E-state index in [2.05, 4.69) is 21.2 Å². The molecule has 0 bridgehead atoms. The van der Waals surface area contributed by atoms with Crippen LogP contribution in [0, 0.1) is 0 Å². The summed E-state index contributed by atoms with van der Waals surface area (Å²) in [7, 11) is 4.79. The Morgan fingerprint density at radius 1 is 0.933 bits per heavy atom. The van der Waals surface area contributed by atoms with E-state index < -0.39 is 6.10 Å². The number of nitrogens with one attached hydrogen (secondary N) is 1. The Kier molecular flexibility index (Phi) is 7.48. The largest absolute Gasteiger partial charge is 0.497 e. The van der Waals surface area contributed by atoms with Crippen LogP contribution in [0.2, 0.25) is 5.02 Å². The molecule has 1 atom stereocenters. The highest BCUT2D eigenvalue weighted by atomic mass is 79.9. The highest BCUT2D eigenvalue weighted by Crippen LogP contribution is 2.38. The first-order valence-electron chi connectivity index (χ1n) is 9.23. The minimum atomic E-state index is -0.939. The average molecular weight is 493 g/mol. The van der Waals surface area contributed by atoms with Crippen LogP contribution in [0.4, 0.5) is 5.69 Å². The van der Waals surface area contributed by atoms with Crippen LogP contribution in [0.3, 0.4) is 0 Å². The van der Waals surface area contributed by atoms with E-state index in [0.717, 1.165) is 27.2 Å². The topological polar surface area (TPSA) is 60.0 Å². The van der Waals surface area contributed by atoms with Gasteiger partial charge in [0, 0.05) is 39.5 Å². The number of aliphatic hydroxyl groups is 1. The van der Waals surface area contributed by atoms with Crippen molar-refractivity contribution >= 4 is 33.2 Å². The van der Waals surface area contributed by atoms with E-state index in [1.807, 2.05) is 36.4 Å². The lowest BCUT2D eigenvalue weighted by atomic mass is 9.99. The molecule has 0 saturated carbocycles. The van der Waals surface area contributed by atoms with Crippen molar-refractivity contribution in [3.8, 4) is 17.2 Å². The number of hydrogen-bond donors (Lipinski definition) is 2. The number of ether oxygens (including phenoxy) is 3. The summed E-state index contributed by atoms with van der Waals surface area (Å²) >= 11 is 9.93. The molecule has 1 unspecified atom stereocenters. The maximum absolute atomic E-state index is 11.1. The molecule has 7 heteroatoms. The van der Waals surface area contributed by atoms with Crippen molar-refractivity contribution in [2.45, 2.75) is 12.6 Å². The first-order valence-corrected chi connectivity index (χ1v) is 10.4. The molecule has 0 amide bonds. The molecule has 0 spiro atoms. The maximum Gasteiger partial charge on any atom is 0.137 e. The van der Waals surface area contributed by atoms with Gasteiger partial charge in [0.2, 0.25) is 0 Å². The van der Waals surface area contributed by atoms with E-state index in [1.54, 1.807) is 39.5 Å². The summed E-state index contributed by atoms with van der Waals surface area (Å²) in [6.45, 7) is 0.500. The number of benzene rings is 3. The molecule has 0 aliphatic carbocycles. The predicted octanol–water partition coefficient (Wildman–Crippen LogP) is 5.82. The van der Waals surface area contributed by atoms with E-state index in [-0.39, 0.29) is 0 Å². The molecule has 0 aliphatic heterocycles. The molecule has 3 aromatic rings. The van der Waals surface area contributed by atoms with Crippen LogP contribution in [-0.4, -0.2) is 26.4 Å². The summed E-state index contributed by atoms with van der Waals surface area (Å²) < 4.78 is 16.9. The predicted molar refractivity (Wildman–Crippen MR) is 123 cm³/mol. The average Bonchev–Trinajstić information content (AvgIpc) is 2.77. The Morgan fingerprint density at radius 2 is 1.70 bits per heavy atom. The van der Waals surface area contributed by atoms with Crippen molar-refractivity contribution in [1.82, 2.24) is 0 Å². The number of hydrogen-bond acceptors (Lipinski definition) is 5. The second-order valence-electron chi connectivity index (χ2n) is 6.53. The number of aliphatic hydroxyl groups excluding tert-OH is 1. The molecule has 3 aromatic carbocycles. The van der Waals surface area contributed by atoms with Crippen LogP contribution in [0.5, 0.6) is 17.2 Å². The molecule has 0 heterocycles. The van der Waals surface area contributed by atoms with Crippen molar-refractivity contribution in [3.05, 3.63) is 80.8 Å². The maximum atomic E-state index is 11.1. The molecule has 5 nitrogen and oxygen atoms in total. The van der Waals surface area contributed by atoms with Crippen molar-refractivity contribution < 1.29 is 19.3 Å². The number of methoxy groups -OCH3 is 3. The van der Waals surface area contributed by atoms with Gasteiger partial charge in [-0.3, -0.25) is 0 Å². The molecule has 0 aromatic heterocycles. The van der Waals surface area contributed by atoms with Crippen molar-refractivity contribution in [1.29, 1.82) is 0 Å². The Labute approximate surface area is 189 Å². The zero-order valence-corrected chi connectivity index (χ0v) is 19.3. The number of rotatable bonds is 8. The van der Waals surface area contributed by atoms with Gasteiger partial charge >= 0.3 is 0 Å². The zero-order chi connectivity index (χ0) is 21.7. The minimum absolute atomic E-state index is 0.384. The lowest BCUT2D eigenvalue weighted by molar-refractivity contribution is 0.220. The van der Waals surface area contributed by atoms with E-state index in [0.29, 0.717) is 28.4 Å². The fourth-order valence-electron chi connectivity index (χ4n) is 3.17. The van der Waals surface area contributed by atoms with Gasteiger partial charge in [0.05, 0.1) is 26.4 Å². The molecule has 0 aliphatic rings. The van der Waals surface area contributed by atoms with Crippen molar-refractivity contribution in [2.75, 3.05) is 26.6 Å². The molecule has 30 heavy (non-hydrogen) atoms. The van der Waals surface area contributed by atoms with Crippen LogP contribution >= 0.6 is 27.5 Å². The third-order valence-corrected chi connectivity index (χ3v) is 5.68. The van der Waals surface area contributed by atoms with E-state index in [1.165, 1.54) is 0 Å². The van der Waals surface area contributed by atoms with Crippen LogP contribution in [0.15, 0.2) is 59.1 Å². The first kappa shape index (κ1) is 22.3. The van der Waals surface area contributed by atoms with Gasteiger partial charge in [-0.15, -0.1) is 0 Å². The number of halogens is 2. The lowest BCUT2D eigenvalue weighted by Crippen LogP contribution is -2.08. The Bertz CT molecular complexity index is 1030. The van der Waals surface area contributed by atoms with E-state index in [4.69, 9.17) is 25.8 Å². The quantitative estimate of drug-likeness (QED) is 0.415. The third kappa shape index (κ3) is 4.83. The Hall–Kier alpha value is -2.41. The van der Waals surface area contributed by atoms with Gasteiger partial charge in [0.1, 0.15) is 23.4 Å². The van der Waals surface area contributed by atoms with Gasteiger partial charge in [-0.2, -0.15) is 0 Å². The molecule has 2 N–H and O–H groups in total. The van der Waals surface area contributed by atoms with Gasteiger partial charge in [0.15, 0.2) is 0 Å². The van der Waals surface area contributed by atoms with Gasteiger partial charge in [0.25, 0.3) is 0 Å². The van der Waals surface area contributed by atoms with E-state index in [9.17, 15) is 5.11 Å². The Balaban J connectivity index is 1.91. The van der Waals surface area contributed by atoms with Crippen LogP contribution in [0.25, 0.3) is 0 Å². The third-order valence-electron chi connectivity index (χ3n) is 4.78. The van der Waals surface area contributed by atoms with Gasteiger partial charge in [-0.1, -0.05) is 39.7 Å². The summed E-state index contributed by atoms with van der Waals surface area (Å²) in [4.78, 5) is 0. The highest BCUT2D eigenvalue weighted by molar-refractivity contribution is 9.10. The summed E-state index contributed by atoms with van der Waals surface area (Å²) in [5.41, 5.74) is 3.00. The van der Waals surface area contributed by atoms with Crippen molar-refractivity contribution in [3.63, 3.8) is 0 Å². The van der Waals surface area contributed by atoms with Gasteiger partial charge in [-0.05, 0) is 36.4 Å². The lowest BCUT2D eigenvalue weighted by Gasteiger charge is -2.20. The minimum Gasteiger partial charge on any atom is -0.497 e. The summed E-state index contributed by atoms with van der Waals surface area (Å²) in [6, 6.07) is 16.7. The standard InChI is InChI=1S/C23H23BrClNO4/c1-28-16-9-7-14(21(12-16)30-3)13-26-19-10-8-15(24)11-18(19)23(27)17-5-4-6-20(29-2)22(17)25/h4-12,23,26-27H,13H2,1-3H3. The van der Waals surface area contributed by atoms with Gasteiger partial charge < -0.3 is 24.6 Å². The summed E-state index contributed by atoms with van der Waals surface area (Å²) in [5.74, 6) is 1.96. The normalized spacial score (nSPS) is 11.7. The molecule has 158 valence electrons. The fourth-order valence-corrected chi connectivity index (χ4v) is 3.86.